The largest absolute Gasteiger partial charge is 0.497 e. The van der Waals surface area contributed by atoms with Crippen molar-refractivity contribution in [3.05, 3.63) is 76.3 Å². The number of aromatic nitrogens is 1. The first-order chi connectivity index (χ1) is 11.6. The lowest BCUT2D eigenvalue weighted by Gasteiger charge is -2.03. The summed E-state index contributed by atoms with van der Waals surface area (Å²) >= 11 is 1.49. The summed E-state index contributed by atoms with van der Waals surface area (Å²) < 4.78 is 5.09. The molecule has 24 heavy (non-hydrogen) atoms. The van der Waals surface area contributed by atoms with Gasteiger partial charge >= 0.3 is 0 Å². The summed E-state index contributed by atoms with van der Waals surface area (Å²) in [6.07, 6.45) is 2.63. The zero-order chi connectivity index (χ0) is 16.9. The molecule has 1 heterocycles. The zero-order valence-electron chi connectivity index (χ0n) is 13.6. The molecular formula is C19H18N2O2S. The summed E-state index contributed by atoms with van der Waals surface area (Å²) in [5, 5.41) is 3.45. The number of carbonyl (C=O) groups is 1. The highest BCUT2D eigenvalue weighted by atomic mass is 32.1. The standard InChI is InChI=1S/C19H18N2O2S/c1-13-3-5-14(6-4-13)11-17-12-20-19(24-17)21-18(22)15-7-9-16(23-2)10-8-15/h3-10,12H,11H2,1-2H3,(H,20,21,22). The highest BCUT2D eigenvalue weighted by molar-refractivity contribution is 7.15. The molecule has 0 aliphatic rings. The normalized spacial score (nSPS) is 10.4. The number of anilines is 1. The zero-order valence-corrected chi connectivity index (χ0v) is 14.4. The Morgan fingerprint density at radius 1 is 1.12 bits per heavy atom. The Morgan fingerprint density at radius 3 is 2.50 bits per heavy atom. The van der Waals surface area contributed by atoms with E-state index in [1.165, 1.54) is 22.5 Å². The third-order valence-corrected chi connectivity index (χ3v) is 4.54. The van der Waals surface area contributed by atoms with Crippen molar-refractivity contribution < 1.29 is 9.53 Å². The van der Waals surface area contributed by atoms with Gasteiger partial charge in [0.05, 0.1) is 7.11 Å². The number of ether oxygens (including phenoxy) is 1. The van der Waals surface area contributed by atoms with Crippen LogP contribution in [0.4, 0.5) is 5.13 Å². The second kappa shape index (κ2) is 7.27. The molecule has 0 aliphatic heterocycles. The van der Waals surface area contributed by atoms with Gasteiger partial charge in [-0.15, -0.1) is 11.3 Å². The van der Waals surface area contributed by atoms with Gasteiger partial charge in [0, 0.05) is 23.1 Å². The van der Waals surface area contributed by atoms with E-state index in [4.69, 9.17) is 4.74 Å². The predicted molar refractivity (Wildman–Crippen MR) is 97.0 cm³/mol. The van der Waals surface area contributed by atoms with Gasteiger partial charge in [0.25, 0.3) is 5.91 Å². The second-order valence-electron chi connectivity index (χ2n) is 5.48. The maximum Gasteiger partial charge on any atom is 0.257 e. The summed E-state index contributed by atoms with van der Waals surface area (Å²) in [5.41, 5.74) is 3.05. The fourth-order valence-corrected chi connectivity index (χ4v) is 3.11. The van der Waals surface area contributed by atoms with Crippen LogP contribution in [-0.2, 0) is 6.42 Å². The topological polar surface area (TPSA) is 51.2 Å². The highest BCUT2D eigenvalue weighted by Gasteiger charge is 2.09. The number of hydrogen-bond donors (Lipinski definition) is 1. The first-order valence-electron chi connectivity index (χ1n) is 7.60. The summed E-state index contributed by atoms with van der Waals surface area (Å²) in [5.74, 6) is 0.551. The van der Waals surface area contributed by atoms with E-state index in [0.29, 0.717) is 10.7 Å². The molecule has 0 saturated carbocycles. The van der Waals surface area contributed by atoms with Crippen LogP contribution in [0.25, 0.3) is 0 Å². The molecule has 0 spiro atoms. The number of aryl methyl sites for hydroxylation is 1. The van der Waals surface area contributed by atoms with Crippen LogP contribution in [0.3, 0.4) is 0 Å². The number of nitrogens with zero attached hydrogens (tertiary/aromatic N) is 1. The number of benzene rings is 2. The Labute approximate surface area is 145 Å². The van der Waals surface area contributed by atoms with Crippen molar-refractivity contribution in [2.24, 2.45) is 0 Å². The van der Waals surface area contributed by atoms with Crippen molar-refractivity contribution in [2.45, 2.75) is 13.3 Å². The van der Waals surface area contributed by atoms with Gasteiger partial charge in [0.1, 0.15) is 5.75 Å². The molecule has 3 rings (SSSR count). The summed E-state index contributed by atoms with van der Waals surface area (Å²) in [6.45, 7) is 2.07. The van der Waals surface area contributed by atoms with Gasteiger partial charge in [-0.3, -0.25) is 10.1 Å². The first kappa shape index (κ1) is 16.2. The van der Waals surface area contributed by atoms with E-state index in [-0.39, 0.29) is 5.91 Å². The molecule has 2 aromatic carbocycles. The Morgan fingerprint density at radius 2 is 1.83 bits per heavy atom. The van der Waals surface area contributed by atoms with Gasteiger partial charge in [0.2, 0.25) is 0 Å². The number of thiazole rings is 1. The van der Waals surface area contributed by atoms with Gasteiger partial charge in [-0.1, -0.05) is 29.8 Å². The minimum absolute atomic E-state index is 0.172. The SMILES string of the molecule is COc1ccc(C(=O)Nc2ncc(Cc3ccc(C)cc3)s2)cc1. The molecular weight excluding hydrogens is 320 g/mol. The maximum atomic E-state index is 12.2. The second-order valence-corrected chi connectivity index (χ2v) is 6.59. The minimum atomic E-state index is -0.172. The molecule has 4 nitrogen and oxygen atoms in total. The fraction of sp³-hybridized carbons (Fsp3) is 0.158. The molecule has 0 bridgehead atoms. The molecule has 0 unspecified atom stereocenters. The molecule has 1 amide bonds. The molecule has 1 N–H and O–H groups in total. The van der Waals surface area contributed by atoms with Crippen LogP contribution in [0.2, 0.25) is 0 Å². The van der Waals surface area contributed by atoms with Crippen molar-refractivity contribution in [3.8, 4) is 5.75 Å². The quantitative estimate of drug-likeness (QED) is 0.754. The fourth-order valence-electron chi connectivity index (χ4n) is 2.27. The van der Waals surface area contributed by atoms with Crippen molar-refractivity contribution in [1.82, 2.24) is 4.98 Å². The molecule has 122 valence electrons. The number of hydrogen-bond acceptors (Lipinski definition) is 4. The third kappa shape index (κ3) is 4.00. The van der Waals surface area contributed by atoms with E-state index in [0.717, 1.165) is 17.0 Å². The summed E-state index contributed by atoms with van der Waals surface area (Å²) in [4.78, 5) is 17.6. The average Bonchev–Trinajstić information content (AvgIpc) is 3.04. The van der Waals surface area contributed by atoms with E-state index in [1.807, 2.05) is 6.20 Å². The van der Waals surface area contributed by atoms with Crippen molar-refractivity contribution in [1.29, 1.82) is 0 Å². The molecule has 0 saturated heterocycles. The highest BCUT2D eigenvalue weighted by Crippen LogP contribution is 2.22. The molecule has 0 aliphatic carbocycles. The summed E-state index contributed by atoms with van der Waals surface area (Å²) in [7, 11) is 1.60. The van der Waals surface area contributed by atoms with E-state index in [9.17, 15) is 4.79 Å². The number of amides is 1. The van der Waals surface area contributed by atoms with E-state index in [2.05, 4.69) is 41.5 Å². The van der Waals surface area contributed by atoms with Gasteiger partial charge < -0.3 is 4.74 Å². The van der Waals surface area contributed by atoms with Crippen LogP contribution in [0.5, 0.6) is 5.75 Å². The van der Waals surface area contributed by atoms with Gasteiger partial charge in [0.15, 0.2) is 5.13 Å². The molecule has 1 aromatic heterocycles. The Bertz CT molecular complexity index is 823. The Hall–Kier alpha value is -2.66. The van der Waals surface area contributed by atoms with Crippen LogP contribution in [0.15, 0.2) is 54.7 Å². The van der Waals surface area contributed by atoms with Crippen LogP contribution < -0.4 is 10.1 Å². The van der Waals surface area contributed by atoms with Crippen LogP contribution >= 0.6 is 11.3 Å². The molecule has 0 radical (unpaired) electrons. The van der Waals surface area contributed by atoms with Gasteiger partial charge in [-0.2, -0.15) is 0 Å². The Kier molecular flexibility index (Phi) is 4.91. The lowest BCUT2D eigenvalue weighted by Crippen LogP contribution is -2.11. The average molecular weight is 338 g/mol. The van der Waals surface area contributed by atoms with Crippen molar-refractivity contribution >= 4 is 22.4 Å². The lowest BCUT2D eigenvalue weighted by molar-refractivity contribution is 0.102. The lowest BCUT2D eigenvalue weighted by atomic mass is 10.1. The molecule has 5 heteroatoms. The van der Waals surface area contributed by atoms with E-state index in [1.54, 1.807) is 31.4 Å². The number of methoxy groups -OCH3 is 1. The number of nitrogens with one attached hydrogen (secondary N) is 1. The van der Waals surface area contributed by atoms with Crippen molar-refractivity contribution in [3.63, 3.8) is 0 Å². The number of carbonyl (C=O) groups excluding carboxylic acids is 1. The smallest absolute Gasteiger partial charge is 0.257 e. The van der Waals surface area contributed by atoms with Gasteiger partial charge in [-0.25, -0.2) is 4.98 Å². The summed E-state index contributed by atoms with van der Waals surface area (Å²) in [6, 6.07) is 15.4. The van der Waals surface area contributed by atoms with Crippen LogP contribution in [0, 0.1) is 6.92 Å². The molecule has 0 atom stereocenters. The van der Waals surface area contributed by atoms with E-state index < -0.39 is 0 Å². The first-order valence-corrected chi connectivity index (χ1v) is 8.41. The number of rotatable bonds is 5. The predicted octanol–water partition coefficient (Wildman–Crippen LogP) is 4.30. The molecule has 3 aromatic rings. The third-order valence-electron chi connectivity index (χ3n) is 3.63. The van der Waals surface area contributed by atoms with E-state index >= 15 is 0 Å². The van der Waals surface area contributed by atoms with Crippen molar-refractivity contribution in [2.75, 3.05) is 12.4 Å². The minimum Gasteiger partial charge on any atom is -0.497 e. The van der Waals surface area contributed by atoms with Crippen LogP contribution in [-0.4, -0.2) is 18.0 Å². The maximum absolute atomic E-state index is 12.2. The molecule has 0 fully saturated rings. The monoisotopic (exact) mass is 338 g/mol. The van der Waals surface area contributed by atoms with Crippen LogP contribution in [0.1, 0.15) is 26.4 Å². The Balaban J connectivity index is 1.64. The van der Waals surface area contributed by atoms with Gasteiger partial charge in [-0.05, 0) is 36.8 Å².